The van der Waals surface area contributed by atoms with Crippen LogP contribution in [0.4, 0.5) is 4.79 Å². The molecule has 1 aliphatic heterocycles. The van der Waals surface area contributed by atoms with Gasteiger partial charge in [0.2, 0.25) is 17.6 Å². The third-order valence-corrected chi connectivity index (χ3v) is 9.06. The van der Waals surface area contributed by atoms with Crippen LogP contribution in [0, 0.1) is 10.8 Å². The van der Waals surface area contributed by atoms with Crippen molar-refractivity contribution in [3.8, 4) is 0 Å². The van der Waals surface area contributed by atoms with Gasteiger partial charge in [-0.25, -0.2) is 9.10 Å². The Bertz CT molecular complexity index is 1060. The number of amides is 5. The zero-order valence-corrected chi connectivity index (χ0v) is 31.2. The highest BCUT2D eigenvalue weighted by Crippen LogP contribution is 2.26. The molecule has 0 aromatic carbocycles. The largest absolute Gasteiger partial charge is 0.346 e. The van der Waals surface area contributed by atoms with E-state index in [0.29, 0.717) is 51.4 Å². The van der Waals surface area contributed by atoms with Gasteiger partial charge >= 0.3 is 6.03 Å². The summed E-state index contributed by atoms with van der Waals surface area (Å²) in [6, 6.07) is -3.13. The predicted molar refractivity (Wildman–Crippen MR) is 191 cm³/mol. The second-order valence-electron chi connectivity index (χ2n) is 14.9. The number of hydrogen-bond acceptors (Lipinski definition) is 8. The minimum absolute atomic E-state index is 0.139. The number of hydrogen-bond donors (Lipinski definition) is 6. The van der Waals surface area contributed by atoms with E-state index in [1.807, 2.05) is 52.8 Å². The molecule has 4 atom stereocenters. The second-order valence-corrected chi connectivity index (χ2v) is 15.4. The molecule has 0 aromatic heterocycles. The molecule has 1 unspecified atom stereocenters. The quantitative estimate of drug-likeness (QED) is 0.0531. The Morgan fingerprint density at radius 1 is 1.00 bits per heavy atom. The minimum Gasteiger partial charge on any atom is -0.346 e. The summed E-state index contributed by atoms with van der Waals surface area (Å²) in [6.07, 6.45) is 5.23. The van der Waals surface area contributed by atoms with Crippen molar-refractivity contribution in [3.05, 3.63) is 12.7 Å². The molecule has 12 nitrogen and oxygen atoms in total. The van der Waals surface area contributed by atoms with Crippen molar-refractivity contribution >= 4 is 42.4 Å². The Labute approximate surface area is 288 Å². The van der Waals surface area contributed by atoms with Gasteiger partial charge in [0.25, 0.3) is 5.91 Å². The molecule has 0 aromatic rings. The molecule has 47 heavy (non-hydrogen) atoms. The van der Waals surface area contributed by atoms with E-state index in [1.54, 1.807) is 0 Å². The third kappa shape index (κ3) is 14.6. The Morgan fingerprint density at radius 3 is 2.21 bits per heavy atom. The smallest absolute Gasteiger partial charge is 0.315 e. The second kappa shape index (κ2) is 20.0. The number of carbonyl (C=O) groups is 5. The van der Waals surface area contributed by atoms with Gasteiger partial charge in [0.05, 0.1) is 6.04 Å². The molecule has 13 heteroatoms. The van der Waals surface area contributed by atoms with Crippen LogP contribution in [-0.4, -0.2) is 102 Å². The van der Waals surface area contributed by atoms with Crippen LogP contribution in [0.2, 0.25) is 0 Å². The van der Waals surface area contributed by atoms with Gasteiger partial charge in [0.1, 0.15) is 12.1 Å². The van der Waals surface area contributed by atoms with Crippen molar-refractivity contribution < 1.29 is 24.0 Å². The van der Waals surface area contributed by atoms with Gasteiger partial charge in [-0.2, -0.15) is 0 Å². The van der Waals surface area contributed by atoms with Gasteiger partial charge < -0.3 is 31.5 Å². The fourth-order valence-corrected chi connectivity index (χ4v) is 5.37. The van der Waals surface area contributed by atoms with E-state index < -0.39 is 47.2 Å². The van der Waals surface area contributed by atoms with Crippen molar-refractivity contribution in [2.75, 3.05) is 32.7 Å². The van der Waals surface area contributed by atoms with Crippen LogP contribution in [0.3, 0.4) is 0 Å². The van der Waals surface area contributed by atoms with Gasteiger partial charge in [0, 0.05) is 44.8 Å². The summed E-state index contributed by atoms with van der Waals surface area (Å²) in [5.74, 6) is -2.34. The molecule has 1 rings (SSSR count). The Hall–Kier alpha value is -2.64. The van der Waals surface area contributed by atoms with Crippen molar-refractivity contribution in [1.82, 2.24) is 35.8 Å². The summed E-state index contributed by atoms with van der Waals surface area (Å²) in [5.41, 5.74) is -0.932. The van der Waals surface area contributed by atoms with Crippen molar-refractivity contribution in [2.45, 2.75) is 131 Å². The van der Waals surface area contributed by atoms with Gasteiger partial charge in [0.15, 0.2) is 0 Å². The normalized spacial score (nSPS) is 17.2. The standard InChI is InChI=1S/C34H63N7O5S/c1-11-13-14-16-24(27(42)30(44)36-18-12-2)37-29(43)25-17-15-20-40(25)31(45)28(34(8,9)10)39-32(46)38-26(33(5,6)7)22-35-19-21-41(47)23(3)4/h12,23-26,28,35,47H,2,11,13-22H2,1,3-10H3,(H,36,44)(H,37,43)(H2,38,39,46)/t24?,25-,26+,28+/m0/s1. The van der Waals surface area contributed by atoms with E-state index in [1.165, 1.54) is 11.0 Å². The Morgan fingerprint density at radius 2 is 1.66 bits per heavy atom. The van der Waals surface area contributed by atoms with Crippen LogP contribution >= 0.6 is 12.8 Å². The van der Waals surface area contributed by atoms with Crippen molar-refractivity contribution in [1.29, 1.82) is 0 Å². The number of rotatable bonds is 19. The average molecular weight is 682 g/mol. The molecular weight excluding hydrogens is 618 g/mol. The summed E-state index contributed by atoms with van der Waals surface area (Å²) in [4.78, 5) is 67.9. The Balaban J connectivity index is 3.05. The molecule has 270 valence electrons. The fourth-order valence-electron chi connectivity index (χ4n) is 5.27. The molecule has 0 spiro atoms. The van der Waals surface area contributed by atoms with Crippen LogP contribution in [0.25, 0.3) is 0 Å². The molecule has 1 saturated heterocycles. The molecule has 0 aliphatic carbocycles. The number of ketones is 1. The van der Waals surface area contributed by atoms with E-state index in [-0.39, 0.29) is 23.9 Å². The van der Waals surface area contributed by atoms with E-state index in [0.717, 1.165) is 19.4 Å². The molecule has 1 heterocycles. The van der Waals surface area contributed by atoms with Gasteiger partial charge in [-0.1, -0.05) is 86.6 Å². The van der Waals surface area contributed by atoms with Crippen LogP contribution in [0.15, 0.2) is 12.7 Å². The molecular formula is C34H63N7O5S. The lowest BCUT2D eigenvalue weighted by atomic mass is 9.85. The van der Waals surface area contributed by atoms with E-state index >= 15 is 0 Å². The van der Waals surface area contributed by atoms with Crippen LogP contribution in [0.5, 0.6) is 0 Å². The molecule has 5 N–H and O–H groups in total. The van der Waals surface area contributed by atoms with Crippen LogP contribution in [-0.2, 0) is 19.2 Å². The molecule has 1 fully saturated rings. The Kier molecular flexibility index (Phi) is 18.0. The first-order chi connectivity index (χ1) is 21.8. The van der Waals surface area contributed by atoms with Crippen molar-refractivity contribution in [2.24, 2.45) is 10.8 Å². The van der Waals surface area contributed by atoms with Gasteiger partial charge in [-0.15, -0.1) is 6.58 Å². The first kappa shape index (κ1) is 42.4. The maximum atomic E-state index is 14.1. The topological polar surface area (TPSA) is 152 Å². The number of Topliss-reactive ketones (excluding diaryl/α,β-unsaturated/α-hetero) is 1. The first-order valence-corrected chi connectivity index (χ1v) is 17.5. The SMILES string of the molecule is C=CCNC(=O)C(=O)C(CCCCC)NC(=O)[C@@H]1CCCN1C(=O)[C@@H](NC(=O)N[C@H](CNCCN(S)C(C)C)C(C)(C)C)C(C)(C)C. The molecule has 0 radical (unpaired) electrons. The van der Waals surface area contributed by atoms with E-state index in [4.69, 9.17) is 0 Å². The summed E-state index contributed by atoms with van der Waals surface area (Å²) < 4.78 is 1.94. The van der Waals surface area contributed by atoms with E-state index in [2.05, 4.69) is 59.8 Å². The summed E-state index contributed by atoms with van der Waals surface area (Å²) in [7, 11) is 0. The van der Waals surface area contributed by atoms with E-state index in [9.17, 15) is 24.0 Å². The van der Waals surface area contributed by atoms with Gasteiger partial charge in [-0.3, -0.25) is 19.2 Å². The zero-order chi connectivity index (χ0) is 35.9. The van der Waals surface area contributed by atoms with Crippen molar-refractivity contribution in [3.63, 3.8) is 0 Å². The molecule has 5 amide bonds. The lowest BCUT2D eigenvalue weighted by Gasteiger charge is -2.37. The first-order valence-electron chi connectivity index (χ1n) is 17.1. The lowest BCUT2D eigenvalue weighted by molar-refractivity contribution is -0.143. The number of carbonyl (C=O) groups excluding carboxylic acids is 5. The average Bonchev–Trinajstić information content (AvgIpc) is 3.48. The zero-order valence-electron chi connectivity index (χ0n) is 30.3. The maximum absolute atomic E-state index is 14.1. The lowest BCUT2D eigenvalue weighted by Crippen LogP contribution is -2.61. The maximum Gasteiger partial charge on any atom is 0.315 e. The van der Waals surface area contributed by atoms with Crippen LogP contribution < -0.4 is 26.6 Å². The number of urea groups is 1. The number of nitrogens with zero attached hydrogens (tertiary/aromatic N) is 2. The molecule has 0 saturated carbocycles. The molecule has 0 bridgehead atoms. The fraction of sp³-hybridized carbons (Fsp3) is 0.794. The van der Waals surface area contributed by atoms with Gasteiger partial charge in [-0.05, 0) is 43.9 Å². The molecule has 1 aliphatic rings. The highest BCUT2D eigenvalue weighted by molar-refractivity contribution is 7.77. The summed E-state index contributed by atoms with van der Waals surface area (Å²) in [6.45, 7) is 23.9. The summed E-state index contributed by atoms with van der Waals surface area (Å²) in [5, 5.41) is 14.6. The summed E-state index contributed by atoms with van der Waals surface area (Å²) >= 11 is 4.48. The highest BCUT2D eigenvalue weighted by atomic mass is 32.1. The number of nitrogens with one attached hydrogen (secondary N) is 5. The third-order valence-electron chi connectivity index (χ3n) is 8.40. The number of unbranched alkanes of at least 4 members (excludes halogenated alkanes) is 2. The minimum atomic E-state index is -0.997. The highest BCUT2D eigenvalue weighted by Gasteiger charge is 2.43. The number of thiol groups is 1. The van der Waals surface area contributed by atoms with Crippen LogP contribution in [0.1, 0.15) is 101 Å². The number of likely N-dealkylation sites (tertiary alicyclic amines) is 1. The predicted octanol–water partition coefficient (Wildman–Crippen LogP) is 3.19. The monoisotopic (exact) mass is 681 g/mol.